The van der Waals surface area contributed by atoms with Gasteiger partial charge in [0.1, 0.15) is 11.5 Å². The molecule has 9 aromatic carbocycles. The number of benzene rings is 9. The monoisotopic (exact) mass is 689 g/mol. The molecule has 0 saturated carbocycles. The Balaban J connectivity index is 1.22. The highest BCUT2D eigenvalue weighted by Gasteiger charge is 2.28. The first-order chi connectivity index (χ1) is 26.8. The fourth-order valence-electron chi connectivity index (χ4n) is 7.84. The summed E-state index contributed by atoms with van der Waals surface area (Å²) in [6.07, 6.45) is 0. The van der Waals surface area contributed by atoms with E-state index in [0.717, 1.165) is 61.9 Å². The molecule has 0 amide bonds. The van der Waals surface area contributed by atoms with Gasteiger partial charge in [-0.1, -0.05) is 164 Å². The highest BCUT2D eigenvalue weighted by atomic mass is 16.5. The van der Waals surface area contributed by atoms with Crippen LogP contribution in [0, 0.1) is 0 Å². The number of hydrogen-bond acceptors (Lipinski definition) is 2. The average molecular weight is 690 g/mol. The van der Waals surface area contributed by atoms with Crippen molar-refractivity contribution in [2.75, 3.05) is 4.90 Å². The van der Waals surface area contributed by atoms with Gasteiger partial charge < -0.3 is 9.64 Å². The molecule has 0 saturated heterocycles. The van der Waals surface area contributed by atoms with E-state index < -0.39 is 0 Å². The lowest BCUT2D eigenvalue weighted by molar-refractivity contribution is 0.489. The second-order valence-electron chi connectivity index (χ2n) is 13.7. The molecular weight excluding hydrogens is 655 g/mol. The van der Waals surface area contributed by atoms with Crippen molar-refractivity contribution >= 4 is 27.8 Å². The minimum Gasteiger partial charge on any atom is -0.455 e. The van der Waals surface area contributed by atoms with E-state index in [2.05, 4.69) is 217 Å². The largest absolute Gasteiger partial charge is 0.455 e. The number of para-hydroxylation sites is 1. The lowest BCUT2D eigenvalue weighted by Crippen LogP contribution is -2.11. The quantitative estimate of drug-likeness (QED) is 0.172. The molecule has 9 aromatic rings. The van der Waals surface area contributed by atoms with Crippen molar-refractivity contribution in [1.82, 2.24) is 0 Å². The molecule has 0 unspecified atom stereocenters. The van der Waals surface area contributed by atoms with Gasteiger partial charge in [0.25, 0.3) is 0 Å². The van der Waals surface area contributed by atoms with Crippen molar-refractivity contribution in [2.24, 2.45) is 0 Å². The number of anilines is 3. The predicted octanol–water partition coefficient (Wildman–Crippen LogP) is 14.8. The number of nitrogens with zero attached hydrogens (tertiary/aromatic N) is 1. The van der Waals surface area contributed by atoms with Crippen LogP contribution in [0.15, 0.2) is 212 Å². The van der Waals surface area contributed by atoms with Crippen LogP contribution in [0.1, 0.15) is 0 Å². The third-order valence-corrected chi connectivity index (χ3v) is 10.5. The fraction of sp³-hybridized carbons (Fsp3) is 0. The summed E-state index contributed by atoms with van der Waals surface area (Å²) in [6.45, 7) is 0. The summed E-state index contributed by atoms with van der Waals surface area (Å²) in [5.74, 6) is 1.68. The van der Waals surface area contributed by atoms with Crippen LogP contribution in [0.5, 0.6) is 11.5 Å². The Kier molecular flexibility index (Phi) is 7.85. The minimum atomic E-state index is 0.818. The topological polar surface area (TPSA) is 12.5 Å². The van der Waals surface area contributed by atoms with Gasteiger partial charge >= 0.3 is 0 Å². The predicted molar refractivity (Wildman–Crippen MR) is 226 cm³/mol. The molecule has 2 heteroatoms. The van der Waals surface area contributed by atoms with E-state index in [4.69, 9.17) is 4.74 Å². The minimum absolute atomic E-state index is 0.818. The van der Waals surface area contributed by atoms with Gasteiger partial charge in [0.15, 0.2) is 0 Å². The summed E-state index contributed by atoms with van der Waals surface area (Å²) in [4.78, 5) is 2.37. The summed E-state index contributed by atoms with van der Waals surface area (Å²) in [5, 5.41) is 2.38. The standard InChI is InChI=1S/C52H35NO/c1-4-14-36(15-5-1)38-26-30-43(31-27-38)53(44-32-28-39(29-33-44)37-16-6-2-7-17-37)49-24-13-25-50-51(49)48-35-42-21-11-10-20-41(42)34-47(48)46-23-12-22-45(52(46)54-50)40-18-8-3-9-19-40/h1-35H. The molecule has 0 bridgehead atoms. The molecule has 0 atom stereocenters. The molecule has 1 aliphatic heterocycles. The van der Waals surface area contributed by atoms with E-state index in [0.29, 0.717) is 0 Å². The SMILES string of the molecule is c1ccc(-c2ccc(N(c3ccc(-c4ccccc4)cc3)c3cccc4c3-c3cc5ccccc5cc3-c3cccc(-c5ccccc5)c3O4)cc2)cc1. The van der Waals surface area contributed by atoms with Crippen molar-refractivity contribution in [2.45, 2.75) is 0 Å². The average Bonchev–Trinajstić information content (AvgIpc) is 3.39. The molecule has 0 aromatic heterocycles. The van der Waals surface area contributed by atoms with Gasteiger partial charge in [-0.2, -0.15) is 0 Å². The van der Waals surface area contributed by atoms with Crippen LogP contribution in [0.4, 0.5) is 17.1 Å². The van der Waals surface area contributed by atoms with Crippen molar-refractivity contribution in [3.63, 3.8) is 0 Å². The van der Waals surface area contributed by atoms with Gasteiger partial charge in [-0.25, -0.2) is 0 Å². The van der Waals surface area contributed by atoms with E-state index in [-0.39, 0.29) is 0 Å². The maximum atomic E-state index is 7.19. The van der Waals surface area contributed by atoms with Gasteiger partial charge in [-0.05, 0) is 98.2 Å². The van der Waals surface area contributed by atoms with E-state index in [1.165, 1.54) is 33.0 Å². The Bertz CT molecular complexity index is 2670. The van der Waals surface area contributed by atoms with E-state index in [9.17, 15) is 0 Å². The maximum absolute atomic E-state index is 7.19. The van der Waals surface area contributed by atoms with Gasteiger partial charge in [0.2, 0.25) is 0 Å². The van der Waals surface area contributed by atoms with E-state index in [1.54, 1.807) is 0 Å². The van der Waals surface area contributed by atoms with Gasteiger partial charge in [0, 0.05) is 28.1 Å². The summed E-state index contributed by atoms with van der Waals surface area (Å²) in [5.41, 5.74) is 14.5. The van der Waals surface area contributed by atoms with Gasteiger partial charge in [-0.15, -0.1) is 0 Å². The third-order valence-electron chi connectivity index (χ3n) is 10.5. The van der Waals surface area contributed by atoms with Crippen LogP contribution in [0.3, 0.4) is 0 Å². The highest BCUT2D eigenvalue weighted by molar-refractivity contribution is 6.05. The van der Waals surface area contributed by atoms with Crippen LogP contribution in [0.25, 0.3) is 66.4 Å². The molecule has 2 nitrogen and oxygen atoms in total. The first-order valence-electron chi connectivity index (χ1n) is 18.4. The number of fused-ring (bicyclic) bond motifs is 6. The first-order valence-corrected chi connectivity index (χ1v) is 18.4. The van der Waals surface area contributed by atoms with Crippen molar-refractivity contribution in [1.29, 1.82) is 0 Å². The molecule has 0 N–H and O–H groups in total. The Morgan fingerprint density at radius 1 is 0.315 bits per heavy atom. The summed E-state index contributed by atoms with van der Waals surface area (Å²) in [7, 11) is 0. The van der Waals surface area contributed by atoms with Gasteiger partial charge in [-0.3, -0.25) is 0 Å². The lowest BCUT2D eigenvalue weighted by atomic mass is 9.89. The number of hydrogen-bond donors (Lipinski definition) is 0. The van der Waals surface area contributed by atoms with Crippen LogP contribution >= 0.6 is 0 Å². The Morgan fingerprint density at radius 3 is 1.35 bits per heavy atom. The second kappa shape index (κ2) is 13.4. The summed E-state index contributed by atoms with van der Waals surface area (Å²) in [6, 6.07) is 75.7. The molecule has 0 fully saturated rings. The molecular formula is C52H35NO. The molecule has 1 heterocycles. The molecule has 0 spiro atoms. The first kappa shape index (κ1) is 31.6. The molecule has 0 aliphatic carbocycles. The molecule has 254 valence electrons. The van der Waals surface area contributed by atoms with E-state index >= 15 is 0 Å². The smallest absolute Gasteiger partial charge is 0.143 e. The highest BCUT2D eigenvalue weighted by Crippen LogP contribution is 2.55. The van der Waals surface area contributed by atoms with E-state index in [1.807, 2.05) is 0 Å². The normalized spacial score (nSPS) is 11.5. The maximum Gasteiger partial charge on any atom is 0.143 e. The zero-order valence-corrected chi connectivity index (χ0v) is 29.6. The van der Waals surface area contributed by atoms with Crippen LogP contribution < -0.4 is 9.64 Å². The summed E-state index contributed by atoms with van der Waals surface area (Å²) >= 11 is 0. The van der Waals surface area contributed by atoms with Gasteiger partial charge in [0.05, 0.1) is 5.69 Å². The number of rotatable bonds is 6. The Morgan fingerprint density at radius 2 is 0.778 bits per heavy atom. The second-order valence-corrected chi connectivity index (χ2v) is 13.7. The molecule has 54 heavy (non-hydrogen) atoms. The summed E-state index contributed by atoms with van der Waals surface area (Å²) < 4.78 is 7.19. The Hall–Kier alpha value is -7.16. The van der Waals surface area contributed by atoms with Crippen LogP contribution in [0.2, 0.25) is 0 Å². The zero-order valence-electron chi connectivity index (χ0n) is 29.6. The van der Waals surface area contributed by atoms with Crippen molar-refractivity contribution in [3.05, 3.63) is 212 Å². The van der Waals surface area contributed by atoms with Crippen LogP contribution in [-0.4, -0.2) is 0 Å². The fourth-order valence-corrected chi connectivity index (χ4v) is 7.84. The Labute approximate surface area is 315 Å². The molecule has 1 aliphatic rings. The third kappa shape index (κ3) is 5.62. The number of ether oxygens (including phenoxy) is 1. The molecule has 0 radical (unpaired) electrons. The molecule has 10 rings (SSSR count). The van der Waals surface area contributed by atoms with Crippen LogP contribution in [-0.2, 0) is 0 Å². The lowest BCUT2D eigenvalue weighted by Gasteiger charge is -2.29. The van der Waals surface area contributed by atoms with Crippen molar-refractivity contribution < 1.29 is 4.74 Å². The zero-order chi connectivity index (χ0) is 35.8. The van der Waals surface area contributed by atoms with Crippen molar-refractivity contribution in [3.8, 4) is 67.1 Å².